The molecule has 1 rings (SSSR count). The van der Waals surface area contributed by atoms with Crippen LogP contribution in [0.2, 0.25) is 0 Å². The molecule has 0 aliphatic carbocycles. The van der Waals surface area contributed by atoms with Gasteiger partial charge < -0.3 is 20.8 Å². The average Bonchev–Trinajstić information content (AvgIpc) is 2.43. The molecule has 112 valence electrons. The third-order valence-corrected chi connectivity index (χ3v) is 3.13. The maximum Gasteiger partial charge on any atom is 0.404 e. The van der Waals surface area contributed by atoms with Crippen LogP contribution < -0.4 is 10.6 Å². The van der Waals surface area contributed by atoms with E-state index in [1.54, 1.807) is 0 Å². The van der Waals surface area contributed by atoms with Gasteiger partial charge in [0.15, 0.2) is 0 Å². The summed E-state index contributed by atoms with van der Waals surface area (Å²) in [6.07, 6.45) is 0.748. The normalized spacial score (nSPS) is 13.7. The van der Waals surface area contributed by atoms with Crippen molar-refractivity contribution in [2.75, 3.05) is 13.1 Å². The average molecular weight is 280 g/mol. The fourth-order valence-electron chi connectivity index (χ4n) is 2.00. The Labute approximate surface area is 120 Å². The zero-order valence-electron chi connectivity index (χ0n) is 11.9. The number of hydrogen-bond donors (Lipinski definition) is 4. The Morgan fingerprint density at radius 3 is 2.60 bits per heavy atom. The minimum absolute atomic E-state index is 0.387. The van der Waals surface area contributed by atoms with Gasteiger partial charge in [0, 0.05) is 6.54 Å². The highest BCUT2D eigenvalue weighted by Crippen LogP contribution is 2.06. The van der Waals surface area contributed by atoms with E-state index in [1.807, 2.05) is 30.3 Å². The number of carboxylic acid groups (broad SMARTS) is 1. The molecule has 1 aromatic rings. The molecule has 0 fully saturated rings. The van der Waals surface area contributed by atoms with E-state index in [2.05, 4.69) is 17.6 Å². The molecule has 0 aromatic heterocycles. The lowest BCUT2D eigenvalue weighted by Gasteiger charge is -2.23. The topological polar surface area (TPSA) is 81.6 Å². The summed E-state index contributed by atoms with van der Waals surface area (Å²) in [6, 6.07) is 9.05. The first-order valence-electron chi connectivity index (χ1n) is 7.05. The minimum Gasteiger partial charge on any atom is -0.465 e. The number of carbonyl (C=O) groups is 1. The molecule has 0 radical (unpaired) electrons. The number of hydrogen-bond acceptors (Lipinski definition) is 3. The van der Waals surface area contributed by atoms with Crippen LogP contribution in [0.15, 0.2) is 30.3 Å². The molecule has 1 aromatic carbocycles. The van der Waals surface area contributed by atoms with Gasteiger partial charge in [-0.2, -0.15) is 0 Å². The Kier molecular flexibility index (Phi) is 7.69. The van der Waals surface area contributed by atoms with Gasteiger partial charge >= 0.3 is 6.09 Å². The number of rotatable bonds is 9. The molecule has 2 atom stereocenters. The number of amides is 1. The van der Waals surface area contributed by atoms with Gasteiger partial charge in [-0.05, 0) is 24.9 Å². The molecule has 20 heavy (non-hydrogen) atoms. The number of benzene rings is 1. The molecule has 0 aliphatic rings. The van der Waals surface area contributed by atoms with E-state index >= 15 is 0 Å². The van der Waals surface area contributed by atoms with Gasteiger partial charge in [0.2, 0.25) is 0 Å². The number of unbranched alkanes of at least 4 members (excludes halogenated alkanes) is 1. The SMILES string of the molecule is CCCCNC[C@@H](O)[C@H](Cc1ccccc1)NC(=O)O. The summed E-state index contributed by atoms with van der Waals surface area (Å²) in [4.78, 5) is 10.8. The van der Waals surface area contributed by atoms with Crippen LogP contribution in [0, 0.1) is 0 Å². The maximum atomic E-state index is 10.8. The zero-order chi connectivity index (χ0) is 14.8. The quantitative estimate of drug-likeness (QED) is 0.518. The van der Waals surface area contributed by atoms with E-state index in [1.165, 1.54) is 0 Å². The van der Waals surface area contributed by atoms with Gasteiger partial charge in [0.05, 0.1) is 12.1 Å². The second-order valence-corrected chi connectivity index (χ2v) is 4.87. The number of aliphatic hydroxyl groups excluding tert-OH is 1. The van der Waals surface area contributed by atoms with Gasteiger partial charge in [-0.3, -0.25) is 0 Å². The summed E-state index contributed by atoms with van der Waals surface area (Å²) >= 11 is 0. The Morgan fingerprint density at radius 1 is 1.30 bits per heavy atom. The highest BCUT2D eigenvalue weighted by Gasteiger charge is 2.21. The first kappa shape index (κ1) is 16.5. The monoisotopic (exact) mass is 280 g/mol. The summed E-state index contributed by atoms with van der Waals surface area (Å²) in [5, 5.41) is 24.5. The lowest BCUT2D eigenvalue weighted by Crippen LogP contribution is -2.48. The summed E-state index contributed by atoms with van der Waals surface area (Å²) in [5.74, 6) is 0. The molecule has 5 nitrogen and oxygen atoms in total. The van der Waals surface area contributed by atoms with Crippen LogP contribution in [-0.4, -0.2) is 41.5 Å². The Balaban J connectivity index is 2.52. The van der Waals surface area contributed by atoms with Crippen LogP contribution in [-0.2, 0) is 6.42 Å². The van der Waals surface area contributed by atoms with E-state index in [4.69, 9.17) is 5.11 Å². The number of nitrogens with one attached hydrogen (secondary N) is 2. The van der Waals surface area contributed by atoms with Crippen molar-refractivity contribution in [3.63, 3.8) is 0 Å². The predicted octanol–water partition coefficient (Wildman–Crippen LogP) is 1.62. The van der Waals surface area contributed by atoms with Gasteiger partial charge in [-0.15, -0.1) is 0 Å². The lowest BCUT2D eigenvalue weighted by molar-refractivity contribution is 0.118. The molecule has 0 bridgehead atoms. The van der Waals surface area contributed by atoms with Crippen LogP contribution >= 0.6 is 0 Å². The summed E-state index contributed by atoms with van der Waals surface area (Å²) in [7, 11) is 0. The molecule has 0 aliphatic heterocycles. The van der Waals surface area contributed by atoms with Crippen molar-refractivity contribution in [1.82, 2.24) is 10.6 Å². The van der Waals surface area contributed by atoms with Gasteiger partial charge in [-0.25, -0.2) is 4.79 Å². The molecule has 5 heteroatoms. The van der Waals surface area contributed by atoms with Crippen LogP contribution in [0.3, 0.4) is 0 Å². The zero-order valence-corrected chi connectivity index (χ0v) is 11.9. The van der Waals surface area contributed by atoms with Crippen LogP contribution in [0.1, 0.15) is 25.3 Å². The van der Waals surface area contributed by atoms with Crippen molar-refractivity contribution < 1.29 is 15.0 Å². The second-order valence-electron chi connectivity index (χ2n) is 4.87. The number of aliphatic hydroxyl groups is 1. The fraction of sp³-hybridized carbons (Fsp3) is 0.533. The third-order valence-electron chi connectivity index (χ3n) is 3.13. The predicted molar refractivity (Wildman–Crippen MR) is 78.9 cm³/mol. The van der Waals surface area contributed by atoms with Gasteiger partial charge in [0.25, 0.3) is 0 Å². The van der Waals surface area contributed by atoms with Gasteiger partial charge in [-0.1, -0.05) is 43.7 Å². The molecule has 0 saturated heterocycles. The highest BCUT2D eigenvalue weighted by molar-refractivity contribution is 5.65. The molecule has 0 unspecified atom stereocenters. The van der Waals surface area contributed by atoms with Crippen molar-refractivity contribution in [2.45, 2.75) is 38.3 Å². The first-order chi connectivity index (χ1) is 9.63. The van der Waals surface area contributed by atoms with Crippen molar-refractivity contribution in [1.29, 1.82) is 0 Å². The van der Waals surface area contributed by atoms with Gasteiger partial charge in [0.1, 0.15) is 0 Å². The van der Waals surface area contributed by atoms with Crippen molar-refractivity contribution in [3.8, 4) is 0 Å². The lowest BCUT2D eigenvalue weighted by atomic mass is 10.0. The molecule has 4 N–H and O–H groups in total. The van der Waals surface area contributed by atoms with Crippen molar-refractivity contribution in [3.05, 3.63) is 35.9 Å². The molecule has 0 heterocycles. The molecule has 0 saturated carbocycles. The highest BCUT2D eigenvalue weighted by atomic mass is 16.4. The molecular weight excluding hydrogens is 256 g/mol. The summed E-state index contributed by atoms with van der Waals surface area (Å²) in [5.41, 5.74) is 0.999. The Bertz CT molecular complexity index is 384. The van der Waals surface area contributed by atoms with Crippen LogP contribution in [0.5, 0.6) is 0 Å². The fourth-order valence-corrected chi connectivity index (χ4v) is 2.00. The van der Waals surface area contributed by atoms with Crippen molar-refractivity contribution in [2.24, 2.45) is 0 Å². The molecule has 0 spiro atoms. The molecule has 1 amide bonds. The second kappa shape index (κ2) is 9.34. The minimum atomic E-state index is -1.11. The largest absolute Gasteiger partial charge is 0.465 e. The standard InChI is InChI=1S/C15H24N2O3/c1-2-3-9-16-11-14(18)13(17-15(19)20)10-12-7-5-4-6-8-12/h4-8,13-14,16-18H,2-3,9-11H2,1H3,(H,19,20)/t13-,14+/m0/s1. The summed E-state index contributed by atoms with van der Waals surface area (Å²) < 4.78 is 0. The van der Waals surface area contributed by atoms with E-state index in [0.29, 0.717) is 13.0 Å². The Hall–Kier alpha value is -1.59. The first-order valence-corrected chi connectivity index (χ1v) is 7.05. The third kappa shape index (κ3) is 6.54. The summed E-state index contributed by atoms with van der Waals surface area (Å²) in [6.45, 7) is 3.32. The van der Waals surface area contributed by atoms with Crippen molar-refractivity contribution >= 4 is 6.09 Å². The maximum absolute atomic E-state index is 10.8. The van der Waals surface area contributed by atoms with E-state index in [0.717, 1.165) is 24.9 Å². The molecular formula is C15H24N2O3. The van der Waals surface area contributed by atoms with E-state index in [9.17, 15) is 9.90 Å². The van der Waals surface area contributed by atoms with Crippen LogP contribution in [0.4, 0.5) is 4.79 Å². The van der Waals surface area contributed by atoms with E-state index in [-0.39, 0.29) is 0 Å². The Morgan fingerprint density at radius 2 is 2.00 bits per heavy atom. The van der Waals surface area contributed by atoms with Crippen LogP contribution in [0.25, 0.3) is 0 Å². The smallest absolute Gasteiger partial charge is 0.404 e. The van der Waals surface area contributed by atoms with E-state index < -0.39 is 18.2 Å².